The molecule has 186 valence electrons. The zero-order chi connectivity index (χ0) is 25.9. The Hall–Kier alpha value is -4.41. The van der Waals surface area contributed by atoms with Crippen molar-refractivity contribution in [2.24, 2.45) is 0 Å². The normalized spacial score (nSPS) is 12.2. The van der Waals surface area contributed by atoms with Crippen molar-refractivity contribution in [3.63, 3.8) is 0 Å². The number of alkyl halides is 3. The van der Waals surface area contributed by atoms with Crippen molar-refractivity contribution in [1.82, 2.24) is 24.6 Å². The highest BCUT2D eigenvalue weighted by molar-refractivity contribution is 5.94. The molecule has 11 heteroatoms. The maximum Gasteiger partial charge on any atom is 0.434 e. The van der Waals surface area contributed by atoms with E-state index in [1.807, 2.05) is 42.0 Å². The number of carbonyl (C=O) groups is 2. The van der Waals surface area contributed by atoms with Crippen molar-refractivity contribution >= 4 is 11.9 Å². The number of hydrogen-bond acceptors (Lipinski definition) is 5. The molecule has 36 heavy (non-hydrogen) atoms. The molecule has 0 aliphatic heterocycles. The molecule has 1 amide bonds. The Morgan fingerprint density at radius 1 is 1.06 bits per heavy atom. The van der Waals surface area contributed by atoms with Gasteiger partial charge in [0.1, 0.15) is 5.56 Å². The minimum absolute atomic E-state index is 0.0394. The van der Waals surface area contributed by atoms with Gasteiger partial charge in [-0.2, -0.15) is 18.3 Å². The second kappa shape index (κ2) is 10.1. The molecule has 2 aromatic heterocycles. The molecule has 1 atom stereocenters. The quantitative estimate of drug-likeness (QED) is 0.373. The van der Waals surface area contributed by atoms with Gasteiger partial charge in [-0.05, 0) is 55.8 Å². The van der Waals surface area contributed by atoms with Gasteiger partial charge in [-0.25, -0.2) is 14.5 Å². The van der Waals surface area contributed by atoms with Gasteiger partial charge >= 0.3 is 12.1 Å². The largest absolute Gasteiger partial charge is 0.462 e. The number of imidazole rings is 1. The van der Waals surface area contributed by atoms with Crippen LogP contribution in [0, 0.1) is 0 Å². The van der Waals surface area contributed by atoms with Crippen LogP contribution in [-0.2, 0) is 10.9 Å². The molecule has 4 aromatic rings. The summed E-state index contributed by atoms with van der Waals surface area (Å²) in [5.74, 6) is -1.50. The molecular formula is C25H22F3N5O3. The van der Waals surface area contributed by atoms with E-state index in [0.29, 0.717) is 4.68 Å². The van der Waals surface area contributed by atoms with Crippen LogP contribution in [0.2, 0.25) is 0 Å². The Morgan fingerprint density at radius 3 is 2.31 bits per heavy atom. The molecule has 0 radical (unpaired) electrons. The van der Waals surface area contributed by atoms with E-state index in [-0.39, 0.29) is 23.9 Å². The van der Waals surface area contributed by atoms with E-state index in [9.17, 15) is 22.8 Å². The van der Waals surface area contributed by atoms with Crippen LogP contribution >= 0.6 is 0 Å². The van der Waals surface area contributed by atoms with Gasteiger partial charge in [0.2, 0.25) is 0 Å². The molecule has 0 saturated carbocycles. The van der Waals surface area contributed by atoms with E-state index in [1.54, 1.807) is 12.5 Å². The van der Waals surface area contributed by atoms with Gasteiger partial charge in [-0.15, -0.1) is 0 Å². The lowest BCUT2D eigenvalue weighted by Gasteiger charge is -2.16. The zero-order valence-electron chi connectivity index (χ0n) is 19.4. The lowest BCUT2D eigenvalue weighted by Crippen LogP contribution is -2.26. The third kappa shape index (κ3) is 5.14. The maximum absolute atomic E-state index is 13.7. The van der Waals surface area contributed by atoms with Crippen LogP contribution in [0.5, 0.6) is 0 Å². The topological polar surface area (TPSA) is 91.0 Å². The summed E-state index contributed by atoms with van der Waals surface area (Å²) in [5, 5.41) is 6.61. The molecule has 0 saturated heterocycles. The zero-order valence-corrected chi connectivity index (χ0v) is 19.4. The number of amides is 1. The van der Waals surface area contributed by atoms with E-state index in [2.05, 4.69) is 15.4 Å². The highest BCUT2D eigenvalue weighted by atomic mass is 19.4. The number of rotatable bonds is 7. The Kier molecular flexibility index (Phi) is 6.91. The van der Waals surface area contributed by atoms with Gasteiger partial charge in [0.25, 0.3) is 5.91 Å². The number of nitrogens with zero attached hydrogens (tertiary/aromatic N) is 4. The molecule has 4 rings (SSSR count). The molecule has 0 bridgehead atoms. The molecule has 0 aliphatic rings. The molecule has 1 N–H and O–H groups in total. The highest BCUT2D eigenvalue weighted by Crippen LogP contribution is 2.34. The van der Waals surface area contributed by atoms with E-state index in [1.165, 1.54) is 31.2 Å². The van der Waals surface area contributed by atoms with Crippen LogP contribution in [0.25, 0.3) is 11.4 Å². The molecule has 0 aliphatic carbocycles. The van der Waals surface area contributed by atoms with Crippen molar-refractivity contribution in [1.29, 1.82) is 0 Å². The van der Waals surface area contributed by atoms with Crippen LogP contribution in [-0.4, -0.2) is 37.8 Å². The van der Waals surface area contributed by atoms with Crippen LogP contribution < -0.4 is 5.32 Å². The third-order valence-corrected chi connectivity index (χ3v) is 5.45. The first kappa shape index (κ1) is 24.7. The van der Waals surface area contributed by atoms with E-state index >= 15 is 0 Å². The number of esters is 1. The first-order valence-electron chi connectivity index (χ1n) is 11.0. The van der Waals surface area contributed by atoms with Gasteiger partial charge in [0.05, 0.1) is 30.9 Å². The molecular weight excluding hydrogens is 475 g/mol. The van der Waals surface area contributed by atoms with Crippen LogP contribution in [0.4, 0.5) is 13.2 Å². The molecule has 8 nitrogen and oxygen atoms in total. The minimum atomic E-state index is -4.85. The summed E-state index contributed by atoms with van der Waals surface area (Å²) in [6.45, 7) is 3.25. The Balaban J connectivity index is 1.50. The molecule has 0 spiro atoms. The van der Waals surface area contributed by atoms with E-state index in [0.717, 1.165) is 17.4 Å². The van der Waals surface area contributed by atoms with Gasteiger partial charge in [0.15, 0.2) is 5.69 Å². The van der Waals surface area contributed by atoms with Crippen LogP contribution in [0.1, 0.15) is 51.9 Å². The summed E-state index contributed by atoms with van der Waals surface area (Å²) < 4.78 is 48.3. The SMILES string of the molecule is CCOC(=O)c1cnn(-c2ccc(C(=O)NC(C)c3ccc(-n4ccnc4)cc3)cc2)c1C(F)(F)F. The van der Waals surface area contributed by atoms with Gasteiger partial charge < -0.3 is 14.6 Å². The van der Waals surface area contributed by atoms with Crippen LogP contribution in [0.15, 0.2) is 73.4 Å². The van der Waals surface area contributed by atoms with Gasteiger partial charge in [0, 0.05) is 23.6 Å². The summed E-state index contributed by atoms with van der Waals surface area (Å²) in [5.41, 5.74) is 0.171. The predicted molar refractivity (Wildman–Crippen MR) is 124 cm³/mol. The molecule has 0 fully saturated rings. The first-order valence-corrected chi connectivity index (χ1v) is 11.0. The minimum Gasteiger partial charge on any atom is -0.462 e. The summed E-state index contributed by atoms with van der Waals surface area (Å²) in [7, 11) is 0. The predicted octanol–water partition coefficient (Wildman–Crippen LogP) is 4.74. The summed E-state index contributed by atoms with van der Waals surface area (Å²) >= 11 is 0. The summed E-state index contributed by atoms with van der Waals surface area (Å²) in [6, 6.07) is 12.7. The average Bonchev–Trinajstić information content (AvgIpc) is 3.55. The number of benzene rings is 2. The number of hydrogen-bond donors (Lipinski definition) is 1. The lowest BCUT2D eigenvalue weighted by atomic mass is 10.1. The number of carbonyl (C=O) groups excluding carboxylic acids is 2. The monoisotopic (exact) mass is 497 g/mol. The molecule has 2 heterocycles. The highest BCUT2D eigenvalue weighted by Gasteiger charge is 2.41. The Bertz CT molecular complexity index is 1350. The number of aromatic nitrogens is 4. The second-order valence-corrected chi connectivity index (χ2v) is 7.84. The molecule has 2 aromatic carbocycles. The van der Waals surface area contributed by atoms with E-state index in [4.69, 9.17) is 4.74 Å². The lowest BCUT2D eigenvalue weighted by molar-refractivity contribution is -0.143. The van der Waals surface area contributed by atoms with Crippen molar-refractivity contribution < 1.29 is 27.5 Å². The van der Waals surface area contributed by atoms with Crippen molar-refractivity contribution in [2.75, 3.05) is 6.61 Å². The van der Waals surface area contributed by atoms with Crippen molar-refractivity contribution in [2.45, 2.75) is 26.1 Å². The standard InChI is InChI=1S/C25H22F3N5O3/c1-3-36-24(35)21-14-30-33(22(21)25(26,27)28)20-10-6-18(7-11-20)23(34)31-16(2)17-4-8-19(9-5-17)32-13-12-29-15-32/h4-16H,3H2,1-2H3,(H,31,34). The van der Waals surface area contributed by atoms with E-state index < -0.39 is 29.3 Å². The number of nitrogens with one attached hydrogen (secondary N) is 1. The van der Waals surface area contributed by atoms with Crippen molar-refractivity contribution in [3.8, 4) is 11.4 Å². The first-order chi connectivity index (χ1) is 17.2. The van der Waals surface area contributed by atoms with Gasteiger partial charge in [-0.1, -0.05) is 12.1 Å². The van der Waals surface area contributed by atoms with Gasteiger partial charge in [-0.3, -0.25) is 4.79 Å². The average molecular weight is 497 g/mol. The fraction of sp³-hybridized carbons (Fsp3) is 0.200. The Morgan fingerprint density at radius 2 is 1.72 bits per heavy atom. The van der Waals surface area contributed by atoms with Crippen molar-refractivity contribution in [3.05, 3.63) is 95.8 Å². The number of ether oxygens (including phenoxy) is 1. The fourth-order valence-corrected chi connectivity index (χ4v) is 3.64. The molecule has 1 unspecified atom stereocenters. The number of halogens is 3. The third-order valence-electron chi connectivity index (χ3n) is 5.45. The maximum atomic E-state index is 13.7. The summed E-state index contributed by atoms with van der Waals surface area (Å²) in [6.07, 6.45) is 1.15. The second-order valence-electron chi connectivity index (χ2n) is 7.84. The fourth-order valence-electron chi connectivity index (χ4n) is 3.64. The Labute approximate surface area is 204 Å². The smallest absolute Gasteiger partial charge is 0.434 e. The van der Waals surface area contributed by atoms with Crippen LogP contribution in [0.3, 0.4) is 0 Å². The summed E-state index contributed by atoms with van der Waals surface area (Å²) in [4.78, 5) is 28.7.